The highest BCUT2D eigenvalue weighted by atomic mass is 79.9. The molecule has 2 aromatic carbocycles. The van der Waals surface area contributed by atoms with Crippen LogP contribution in [0.3, 0.4) is 0 Å². The Kier molecular flexibility index (Phi) is 3.15. The third-order valence-electron chi connectivity index (χ3n) is 3.51. The molecule has 0 aliphatic carbocycles. The molecular weight excluding hydrogens is 302 g/mol. The van der Waals surface area contributed by atoms with Crippen LogP contribution in [0.4, 0.5) is 5.69 Å². The SMILES string of the molecule is Cc1ccc2c(c1)C(Cc1ccc(Br)cc1)C(=O)N2. The molecule has 1 aliphatic rings. The Morgan fingerprint density at radius 3 is 2.63 bits per heavy atom. The molecule has 1 aliphatic heterocycles. The van der Waals surface area contributed by atoms with Gasteiger partial charge in [0.15, 0.2) is 0 Å². The Balaban J connectivity index is 1.91. The number of nitrogens with one attached hydrogen (secondary N) is 1. The average Bonchev–Trinajstić information content (AvgIpc) is 2.69. The standard InChI is InChI=1S/C16H14BrNO/c1-10-2-7-15-13(8-10)14(16(19)18-15)9-11-3-5-12(17)6-4-11/h2-8,14H,9H2,1H3,(H,18,19). The van der Waals surface area contributed by atoms with Crippen LogP contribution in [0.5, 0.6) is 0 Å². The third-order valence-corrected chi connectivity index (χ3v) is 4.04. The quantitative estimate of drug-likeness (QED) is 0.890. The lowest BCUT2D eigenvalue weighted by Gasteiger charge is -2.09. The number of rotatable bonds is 2. The van der Waals surface area contributed by atoms with Crippen molar-refractivity contribution >= 4 is 27.5 Å². The van der Waals surface area contributed by atoms with Crippen molar-refractivity contribution in [3.63, 3.8) is 0 Å². The van der Waals surface area contributed by atoms with Crippen molar-refractivity contribution in [3.05, 3.63) is 63.6 Å². The van der Waals surface area contributed by atoms with E-state index >= 15 is 0 Å². The fourth-order valence-electron chi connectivity index (χ4n) is 2.50. The van der Waals surface area contributed by atoms with Crippen molar-refractivity contribution in [2.24, 2.45) is 0 Å². The maximum absolute atomic E-state index is 12.1. The van der Waals surface area contributed by atoms with E-state index in [0.717, 1.165) is 22.1 Å². The van der Waals surface area contributed by atoms with Crippen LogP contribution in [0.15, 0.2) is 46.9 Å². The van der Waals surface area contributed by atoms with Crippen molar-refractivity contribution in [2.75, 3.05) is 5.32 Å². The van der Waals surface area contributed by atoms with Gasteiger partial charge in [-0.15, -0.1) is 0 Å². The predicted molar refractivity (Wildman–Crippen MR) is 80.4 cm³/mol. The Bertz CT molecular complexity index is 634. The van der Waals surface area contributed by atoms with E-state index in [0.29, 0.717) is 0 Å². The van der Waals surface area contributed by atoms with Gasteiger partial charge in [0.05, 0.1) is 5.92 Å². The summed E-state index contributed by atoms with van der Waals surface area (Å²) in [6.07, 6.45) is 0.746. The van der Waals surface area contributed by atoms with Gasteiger partial charge in [0, 0.05) is 10.2 Å². The molecule has 19 heavy (non-hydrogen) atoms. The van der Waals surface area contributed by atoms with Crippen LogP contribution in [-0.4, -0.2) is 5.91 Å². The Morgan fingerprint density at radius 2 is 1.89 bits per heavy atom. The van der Waals surface area contributed by atoms with Crippen molar-refractivity contribution in [2.45, 2.75) is 19.3 Å². The molecule has 0 bridgehead atoms. The normalized spacial score (nSPS) is 17.2. The second kappa shape index (κ2) is 4.82. The number of anilines is 1. The maximum atomic E-state index is 12.1. The molecule has 1 N–H and O–H groups in total. The van der Waals surface area contributed by atoms with Crippen LogP contribution in [0, 0.1) is 6.92 Å². The van der Waals surface area contributed by atoms with Gasteiger partial charge >= 0.3 is 0 Å². The summed E-state index contributed by atoms with van der Waals surface area (Å²) in [6.45, 7) is 2.06. The molecule has 1 heterocycles. The number of halogens is 1. The van der Waals surface area contributed by atoms with E-state index in [1.165, 1.54) is 11.1 Å². The number of hydrogen-bond acceptors (Lipinski definition) is 1. The molecule has 96 valence electrons. The Labute approximate surface area is 121 Å². The molecule has 3 heteroatoms. The van der Waals surface area contributed by atoms with Crippen LogP contribution in [0.1, 0.15) is 22.6 Å². The minimum atomic E-state index is -0.0731. The fraction of sp³-hybridized carbons (Fsp3) is 0.188. The van der Waals surface area contributed by atoms with Gasteiger partial charge in [0.25, 0.3) is 0 Å². The molecule has 1 atom stereocenters. The van der Waals surface area contributed by atoms with Gasteiger partial charge in [0.1, 0.15) is 0 Å². The van der Waals surface area contributed by atoms with E-state index in [9.17, 15) is 4.79 Å². The van der Waals surface area contributed by atoms with Crippen molar-refractivity contribution < 1.29 is 4.79 Å². The minimum Gasteiger partial charge on any atom is -0.325 e. The van der Waals surface area contributed by atoms with Gasteiger partial charge < -0.3 is 5.32 Å². The van der Waals surface area contributed by atoms with E-state index in [1.807, 2.05) is 24.3 Å². The number of fused-ring (bicyclic) bond motifs is 1. The van der Waals surface area contributed by atoms with Crippen LogP contribution in [-0.2, 0) is 11.2 Å². The van der Waals surface area contributed by atoms with Crippen molar-refractivity contribution in [1.29, 1.82) is 0 Å². The Morgan fingerprint density at radius 1 is 1.16 bits per heavy atom. The average molecular weight is 316 g/mol. The molecule has 1 amide bonds. The smallest absolute Gasteiger partial charge is 0.232 e. The highest BCUT2D eigenvalue weighted by Crippen LogP contribution is 2.35. The largest absolute Gasteiger partial charge is 0.325 e. The van der Waals surface area contributed by atoms with Crippen LogP contribution in [0.25, 0.3) is 0 Å². The molecule has 2 aromatic rings. The van der Waals surface area contributed by atoms with E-state index in [-0.39, 0.29) is 11.8 Å². The number of carbonyl (C=O) groups excluding carboxylic acids is 1. The first kappa shape index (κ1) is 12.4. The second-order valence-corrected chi connectivity index (χ2v) is 5.88. The summed E-state index contributed by atoms with van der Waals surface area (Å²) in [5, 5.41) is 2.96. The number of hydrogen-bond donors (Lipinski definition) is 1. The van der Waals surface area contributed by atoms with E-state index in [2.05, 4.69) is 46.4 Å². The minimum absolute atomic E-state index is 0.0731. The molecule has 0 radical (unpaired) electrons. The van der Waals surface area contributed by atoms with Crippen molar-refractivity contribution in [1.82, 2.24) is 0 Å². The lowest BCUT2D eigenvalue weighted by Crippen LogP contribution is -2.14. The molecular formula is C16H14BrNO. The molecule has 3 rings (SSSR count). The van der Waals surface area contributed by atoms with Crippen molar-refractivity contribution in [3.8, 4) is 0 Å². The fourth-order valence-corrected chi connectivity index (χ4v) is 2.77. The van der Waals surface area contributed by atoms with E-state index in [1.54, 1.807) is 0 Å². The second-order valence-electron chi connectivity index (χ2n) is 4.96. The lowest BCUT2D eigenvalue weighted by molar-refractivity contribution is -0.117. The zero-order valence-electron chi connectivity index (χ0n) is 10.6. The lowest BCUT2D eigenvalue weighted by atomic mass is 9.92. The number of carbonyl (C=O) groups is 1. The first-order valence-electron chi connectivity index (χ1n) is 6.29. The van der Waals surface area contributed by atoms with Gasteiger partial charge in [-0.25, -0.2) is 0 Å². The van der Waals surface area contributed by atoms with Gasteiger partial charge in [-0.3, -0.25) is 4.79 Å². The van der Waals surface area contributed by atoms with E-state index < -0.39 is 0 Å². The highest BCUT2D eigenvalue weighted by Gasteiger charge is 2.30. The first-order valence-corrected chi connectivity index (χ1v) is 7.08. The molecule has 1 unspecified atom stereocenters. The van der Waals surface area contributed by atoms with Gasteiger partial charge in [-0.2, -0.15) is 0 Å². The molecule has 0 spiro atoms. The zero-order valence-corrected chi connectivity index (χ0v) is 12.2. The number of amides is 1. The van der Waals surface area contributed by atoms with E-state index in [4.69, 9.17) is 0 Å². The molecule has 0 saturated heterocycles. The highest BCUT2D eigenvalue weighted by molar-refractivity contribution is 9.10. The molecule has 0 aromatic heterocycles. The summed E-state index contributed by atoms with van der Waals surface area (Å²) >= 11 is 3.43. The maximum Gasteiger partial charge on any atom is 0.232 e. The summed E-state index contributed by atoms with van der Waals surface area (Å²) < 4.78 is 1.06. The Hall–Kier alpha value is -1.61. The summed E-state index contributed by atoms with van der Waals surface area (Å²) in [5.41, 5.74) is 4.44. The third kappa shape index (κ3) is 2.43. The first-order chi connectivity index (χ1) is 9.13. The van der Waals surface area contributed by atoms with Crippen LogP contribution < -0.4 is 5.32 Å². The monoisotopic (exact) mass is 315 g/mol. The van der Waals surface area contributed by atoms with Gasteiger partial charge in [0.2, 0.25) is 5.91 Å². The molecule has 0 saturated carbocycles. The van der Waals surface area contributed by atoms with Gasteiger partial charge in [-0.1, -0.05) is 45.8 Å². The zero-order chi connectivity index (χ0) is 13.4. The number of aryl methyl sites for hydroxylation is 1. The predicted octanol–water partition coefficient (Wildman–Crippen LogP) is 4.04. The van der Waals surface area contributed by atoms with Crippen LogP contribution in [0.2, 0.25) is 0 Å². The molecule has 2 nitrogen and oxygen atoms in total. The van der Waals surface area contributed by atoms with Crippen LogP contribution >= 0.6 is 15.9 Å². The summed E-state index contributed by atoms with van der Waals surface area (Å²) in [4.78, 5) is 12.1. The molecule has 0 fully saturated rings. The number of benzene rings is 2. The summed E-state index contributed by atoms with van der Waals surface area (Å²) in [6, 6.07) is 14.3. The van der Waals surface area contributed by atoms with Gasteiger partial charge in [-0.05, 0) is 42.7 Å². The topological polar surface area (TPSA) is 29.1 Å². The summed E-state index contributed by atoms with van der Waals surface area (Å²) in [5.74, 6) is 0.0274. The summed E-state index contributed by atoms with van der Waals surface area (Å²) in [7, 11) is 0.